The molecule has 1 aromatic rings. The molecule has 0 fully saturated rings. The van der Waals surface area contributed by atoms with Gasteiger partial charge in [0.25, 0.3) is 0 Å². The van der Waals surface area contributed by atoms with E-state index < -0.39 is 0 Å². The van der Waals surface area contributed by atoms with Crippen LogP contribution in [0.25, 0.3) is 0 Å². The van der Waals surface area contributed by atoms with Crippen LogP contribution in [0.2, 0.25) is 0 Å². The first-order chi connectivity index (χ1) is 9.26. The normalized spacial score (nSPS) is 12.6. The predicted molar refractivity (Wildman–Crippen MR) is 88.6 cm³/mol. The van der Waals surface area contributed by atoms with Crippen LogP contribution in [0, 0.1) is 5.92 Å². The Labute approximate surface area is 127 Å². The SMILES string of the molecule is CCCCCC(CNCCC)Cc1ccc(Br)cc1. The van der Waals surface area contributed by atoms with E-state index in [1.54, 1.807) is 0 Å². The maximum absolute atomic E-state index is 3.58. The molecule has 0 aliphatic heterocycles. The maximum atomic E-state index is 3.58. The van der Waals surface area contributed by atoms with Crippen LogP contribution in [0.3, 0.4) is 0 Å². The van der Waals surface area contributed by atoms with Crippen molar-refractivity contribution in [2.24, 2.45) is 5.92 Å². The molecule has 0 saturated heterocycles. The summed E-state index contributed by atoms with van der Waals surface area (Å²) in [5, 5.41) is 3.58. The van der Waals surface area contributed by atoms with E-state index in [4.69, 9.17) is 0 Å². The fourth-order valence-electron chi connectivity index (χ4n) is 2.40. The Morgan fingerprint density at radius 3 is 2.42 bits per heavy atom. The van der Waals surface area contributed by atoms with Gasteiger partial charge in [-0.3, -0.25) is 0 Å². The zero-order valence-corrected chi connectivity index (χ0v) is 14.0. The van der Waals surface area contributed by atoms with E-state index in [-0.39, 0.29) is 0 Å². The van der Waals surface area contributed by atoms with Crippen molar-refractivity contribution in [1.82, 2.24) is 5.32 Å². The third-order valence-electron chi connectivity index (χ3n) is 3.51. The third kappa shape index (κ3) is 7.74. The molecule has 0 bridgehead atoms. The van der Waals surface area contributed by atoms with Crippen LogP contribution in [-0.2, 0) is 6.42 Å². The van der Waals surface area contributed by atoms with Crippen molar-refractivity contribution >= 4 is 15.9 Å². The van der Waals surface area contributed by atoms with Crippen molar-refractivity contribution in [2.75, 3.05) is 13.1 Å². The Bertz CT molecular complexity index is 311. The van der Waals surface area contributed by atoms with Crippen molar-refractivity contribution in [1.29, 1.82) is 0 Å². The highest BCUT2D eigenvalue weighted by Gasteiger charge is 2.09. The summed E-state index contributed by atoms with van der Waals surface area (Å²) in [5.74, 6) is 0.777. The van der Waals surface area contributed by atoms with Crippen molar-refractivity contribution < 1.29 is 0 Å². The quantitative estimate of drug-likeness (QED) is 0.584. The van der Waals surface area contributed by atoms with E-state index in [1.165, 1.54) is 48.6 Å². The molecule has 1 rings (SSSR count). The Balaban J connectivity index is 2.44. The van der Waals surface area contributed by atoms with E-state index in [2.05, 4.69) is 59.4 Å². The first kappa shape index (κ1) is 16.7. The van der Waals surface area contributed by atoms with Gasteiger partial charge in [-0.15, -0.1) is 0 Å². The first-order valence-electron chi connectivity index (χ1n) is 7.71. The van der Waals surface area contributed by atoms with Crippen LogP contribution in [0.1, 0.15) is 51.5 Å². The fraction of sp³-hybridized carbons (Fsp3) is 0.647. The molecule has 0 spiro atoms. The number of halogens is 1. The molecule has 0 aliphatic rings. The average Bonchev–Trinajstić information content (AvgIpc) is 2.41. The average molecular weight is 326 g/mol. The predicted octanol–water partition coefficient (Wildman–Crippen LogP) is 5.19. The molecule has 0 aliphatic carbocycles. The minimum Gasteiger partial charge on any atom is -0.316 e. The largest absolute Gasteiger partial charge is 0.316 e. The first-order valence-corrected chi connectivity index (χ1v) is 8.50. The van der Waals surface area contributed by atoms with Crippen molar-refractivity contribution in [2.45, 2.75) is 52.4 Å². The second-order valence-electron chi connectivity index (χ2n) is 5.40. The Kier molecular flexibility index (Phi) is 9.19. The molecule has 1 nitrogen and oxygen atoms in total. The molecular weight excluding hydrogens is 298 g/mol. The smallest absolute Gasteiger partial charge is 0.0175 e. The van der Waals surface area contributed by atoms with Gasteiger partial charge in [0.05, 0.1) is 0 Å². The number of hydrogen-bond acceptors (Lipinski definition) is 1. The fourth-order valence-corrected chi connectivity index (χ4v) is 2.66. The standard InChI is InChI=1S/C17H28BrN/c1-3-5-6-7-16(14-19-12-4-2)13-15-8-10-17(18)11-9-15/h8-11,16,19H,3-7,12-14H2,1-2H3. The van der Waals surface area contributed by atoms with E-state index >= 15 is 0 Å². The van der Waals surface area contributed by atoms with Gasteiger partial charge in [-0.25, -0.2) is 0 Å². The Hall–Kier alpha value is -0.340. The number of hydrogen-bond donors (Lipinski definition) is 1. The molecule has 1 aromatic carbocycles. The Morgan fingerprint density at radius 2 is 1.79 bits per heavy atom. The van der Waals surface area contributed by atoms with E-state index in [1.807, 2.05) is 0 Å². The monoisotopic (exact) mass is 325 g/mol. The minimum absolute atomic E-state index is 0.777. The second kappa shape index (κ2) is 10.4. The van der Waals surface area contributed by atoms with Crippen LogP contribution in [-0.4, -0.2) is 13.1 Å². The number of rotatable bonds is 10. The van der Waals surface area contributed by atoms with Crippen LogP contribution in [0.15, 0.2) is 28.7 Å². The second-order valence-corrected chi connectivity index (χ2v) is 6.31. The lowest BCUT2D eigenvalue weighted by Gasteiger charge is -2.17. The van der Waals surface area contributed by atoms with Gasteiger partial charge >= 0.3 is 0 Å². The summed E-state index contributed by atoms with van der Waals surface area (Å²) >= 11 is 3.50. The van der Waals surface area contributed by atoms with Crippen LogP contribution < -0.4 is 5.32 Å². The molecule has 0 amide bonds. The summed E-state index contributed by atoms with van der Waals surface area (Å²) in [6.45, 7) is 6.81. The minimum atomic E-state index is 0.777. The van der Waals surface area contributed by atoms with Crippen molar-refractivity contribution in [3.63, 3.8) is 0 Å². The lowest BCUT2D eigenvalue weighted by atomic mass is 9.93. The summed E-state index contributed by atoms with van der Waals surface area (Å²) in [4.78, 5) is 0. The molecule has 0 heterocycles. The molecule has 1 atom stereocenters. The summed E-state index contributed by atoms with van der Waals surface area (Å²) in [6, 6.07) is 8.79. The molecule has 0 radical (unpaired) electrons. The number of benzene rings is 1. The van der Waals surface area contributed by atoms with Crippen LogP contribution in [0.5, 0.6) is 0 Å². The molecule has 1 N–H and O–H groups in total. The van der Waals surface area contributed by atoms with Gasteiger partial charge < -0.3 is 5.32 Å². The lowest BCUT2D eigenvalue weighted by Crippen LogP contribution is -2.25. The summed E-state index contributed by atoms with van der Waals surface area (Å²) in [6.07, 6.45) is 7.82. The zero-order valence-electron chi connectivity index (χ0n) is 12.4. The highest BCUT2D eigenvalue weighted by atomic mass is 79.9. The van der Waals surface area contributed by atoms with Gasteiger partial charge in [0.15, 0.2) is 0 Å². The van der Waals surface area contributed by atoms with Crippen LogP contribution >= 0.6 is 15.9 Å². The highest BCUT2D eigenvalue weighted by molar-refractivity contribution is 9.10. The van der Waals surface area contributed by atoms with E-state index in [9.17, 15) is 0 Å². The third-order valence-corrected chi connectivity index (χ3v) is 4.04. The van der Waals surface area contributed by atoms with Crippen molar-refractivity contribution in [3.8, 4) is 0 Å². The van der Waals surface area contributed by atoms with Gasteiger partial charge in [0.1, 0.15) is 0 Å². The Morgan fingerprint density at radius 1 is 1.05 bits per heavy atom. The molecule has 19 heavy (non-hydrogen) atoms. The van der Waals surface area contributed by atoms with Gasteiger partial charge in [-0.2, -0.15) is 0 Å². The lowest BCUT2D eigenvalue weighted by molar-refractivity contribution is 0.424. The summed E-state index contributed by atoms with van der Waals surface area (Å²) in [7, 11) is 0. The van der Waals surface area contributed by atoms with Gasteiger partial charge in [0, 0.05) is 4.47 Å². The summed E-state index contributed by atoms with van der Waals surface area (Å²) in [5.41, 5.74) is 1.46. The maximum Gasteiger partial charge on any atom is 0.0175 e. The van der Waals surface area contributed by atoms with E-state index in [0.717, 1.165) is 19.0 Å². The molecule has 0 aromatic heterocycles. The molecule has 1 unspecified atom stereocenters. The van der Waals surface area contributed by atoms with Gasteiger partial charge in [0.2, 0.25) is 0 Å². The zero-order chi connectivity index (χ0) is 13.9. The topological polar surface area (TPSA) is 12.0 Å². The molecule has 0 saturated carbocycles. The molecule has 108 valence electrons. The van der Waals surface area contributed by atoms with Crippen LogP contribution in [0.4, 0.5) is 0 Å². The van der Waals surface area contributed by atoms with E-state index in [0.29, 0.717) is 0 Å². The highest BCUT2D eigenvalue weighted by Crippen LogP contribution is 2.18. The number of unbranched alkanes of at least 4 members (excludes halogenated alkanes) is 2. The number of nitrogens with one attached hydrogen (secondary N) is 1. The van der Waals surface area contributed by atoms with Crippen molar-refractivity contribution in [3.05, 3.63) is 34.3 Å². The summed E-state index contributed by atoms with van der Waals surface area (Å²) < 4.78 is 1.17. The van der Waals surface area contributed by atoms with Gasteiger partial charge in [-0.05, 0) is 56.0 Å². The molecule has 2 heteroatoms. The van der Waals surface area contributed by atoms with Gasteiger partial charge in [-0.1, -0.05) is 61.2 Å². The molecular formula is C17H28BrN.